The average molecular weight is 187 g/mol. The maximum Gasteiger partial charge on any atom is 0.206 e. The molecule has 0 saturated carbocycles. The van der Waals surface area contributed by atoms with Crippen molar-refractivity contribution in [3.05, 3.63) is 5.01 Å². The Labute approximate surface area is 75.6 Å². The van der Waals surface area contributed by atoms with E-state index in [1.807, 2.05) is 20.8 Å². The summed E-state index contributed by atoms with van der Waals surface area (Å²) in [7, 11) is 0. The molecule has 1 aromatic rings. The summed E-state index contributed by atoms with van der Waals surface area (Å²) < 4.78 is 0. The number of aliphatic hydroxyl groups is 1. The van der Waals surface area contributed by atoms with Crippen LogP contribution in [0.15, 0.2) is 0 Å². The summed E-state index contributed by atoms with van der Waals surface area (Å²) in [6.45, 7) is 5.79. The Kier molecular flexibility index (Phi) is 2.64. The minimum absolute atomic E-state index is 0.0750. The molecule has 68 valence electrons. The number of nitrogens with one attached hydrogen (secondary N) is 1. The fraction of sp³-hybridized carbons (Fsp3) is 0.714. The lowest BCUT2D eigenvalue weighted by atomic mass is 10.1. The van der Waals surface area contributed by atoms with Gasteiger partial charge >= 0.3 is 0 Å². The number of aliphatic hydroxyl groups excluding tert-OH is 1. The van der Waals surface area contributed by atoms with Gasteiger partial charge in [-0.25, -0.2) is 0 Å². The lowest BCUT2D eigenvalue weighted by molar-refractivity contribution is 0.234. The smallest absolute Gasteiger partial charge is 0.206 e. The van der Waals surface area contributed by atoms with Crippen LogP contribution in [-0.2, 0) is 0 Å². The molecule has 1 rings (SSSR count). The number of anilines is 1. The van der Waals surface area contributed by atoms with Crippen molar-refractivity contribution < 1.29 is 5.11 Å². The van der Waals surface area contributed by atoms with E-state index in [2.05, 4.69) is 15.5 Å². The molecule has 0 atom stereocenters. The molecule has 0 saturated heterocycles. The Morgan fingerprint density at radius 1 is 1.50 bits per heavy atom. The van der Waals surface area contributed by atoms with Crippen molar-refractivity contribution in [3.63, 3.8) is 0 Å². The highest BCUT2D eigenvalue weighted by molar-refractivity contribution is 7.15. The van der Waals surface area contributed by atoms with Gasteiger partial charge in [0.1, 0.15) is 5.01 Å². The third-order valence-electron chi connectivity index (χ3n) is 1.37. The predicted molar refractivity (Wildman–Crippen MR) is 49.4 cm³/mol. The van der Waals surface area contributed by atoms with Crippen LogP contribution in [0.4, 0.5) is 5.13 Å². The van der Waals surface area contributed by atoms with E-state index >= 15 is 0 Å². The molecule has 0 spiro atoms. The number of nitrogens with zero attached hydrogens (tertiary/aromatic N) is 2. The first-order valence-corrected chi connectivity index (χ1v) is 4.54. The van der Waals surface area contributed by atoms with E-state index in [4.69, 9.17) is 5.11 Å². The molecule has 0 bridgehead atoms. The van der Waals surface area contributed by atoms with Gasteiger partial charge in [-0.3, -0.25) is 0 Å². The maximum atomic E-state index is 8.96. The number of rotatable bonds is 3. The van der Waals surface area contributed by atoms with Crippen LogP contribution in [0.2, 0.25) is 0 Å². The molecule has 5 heteroatoms. The fourth-order valence-electron chi connectivity index (χ4n) is 0.676. The summed E-state index contributed by atoms with van der Waals surface area (Å²) in [5, 5.41) is 21.5. The molecule has 1 aromatic heterocycles. The van der Waals surface area contributed by atoms with Crippen molar-refractivity contribution in [1.82, 2.24) is 10.2 Å². The van der Waals surface area contributed by atoms with Crippen LogP contribution >= 0.6 is 11.3 Å². The normalized spacial score (nSPS) is 11.7. The first-order chi connectivity index (χ1) is 5.53. The third-order valence-corrected chi connectivity index (χ3v) is 2.12. The minimum Gasteiger partial charge on any atom is -0.394 e. The summed E-state index contributed by atoms with van der Waals surface area (Å²) in [4.78, 5) is 0. The van der Waals surface area contributed by atoms with Crippen LogP contribution in [0.3, 0.4) is 0 Å². The SMILES string of the molecule is Cc1nnc(NC(C)(C)CO)s1. The Balaban J connectivity index is 2.63. The van der Waals surface area contributed by atoms with Crippen molar-refractivity contribution in [2.24, 2.45) is 0 Å². The van der Waals surface area contributed by atoms with Crippen LogP contribution < -0.4 is 5.32 Å². The standard InChI is InChI=1S/C7H13N3OS/c1-5-9-10-6(12-5)8-7(2,3)4-11/h11H,4H2,1-3H3,(H,8,10). The van der Waals surface area contributed by atoms with E-state index in [-0.39, 0.29) is 12.1 Å². The van der Waals surface area contributed by atoms with Crippen molar-refractivity contribution >= 4 is 16.5 Å². The third kappa shape index (κ3) is 2.42. The fourth-order valence-corrected chi connectivity index (χ4v) is 1.45. The molecule has 4 nitrogen and oxygen atoms in total. The molecule has 2 N–H and O–H groups in total. The van der Waals surface area contributed by atoms with Crippen LogP contribution in [0.5, 0.6) is 0 Å². The lowest BCUT2D eigenvalue weighted by Crippen LogP contribution is -2.34. The van der Waals surface area contributed by atoms with Crippen LogP contribution in [-0.4, -0.2) is 27.4 Å². The van der Waals surface area contributed by atoms with Crippen molar-refractivity contribution in [1.29, 1.82) is 0 Å². The molecule has 0 fully saturated rings. The monoisotopic (exact) mass is 187 g/mol. The van der Waals surface area contributed by atoms with Crippen LogP contribution in [0.25, 0.3) is 0 Å². The molecule has 1 heterocycles. The van der Waals surface area contributed by atoms with E-state index in [0.717, 1.165) is 10.1 Å². The van der Waals surface area contributed by atoms with E-state index < -0.39 is 0 Å². The average Bonchev–Trinajstić information content (AvgIpc) is 2.35. The molecule has 0 radical (unpaired) electrons. The Morgan fingerprint density at radius 2 is 2.17 bits per heavy atom. The van der Waals surface area contributed by atoms with Gasteiger partial charge in [-0.2, -0.15) is 0 Å². The summed E-state index contributed by atoms with van der Waals surface area (Å²) >= 11 is 1.49. The molecule has 0 aromatic carbocycles. The molecule has 0 aliphatic carbocycles. The highest BCUT2D eigenvalue weighted by Gasteiger charge is 2.17. The summed E-state index contributed by atoms with van der Waals surface area (Å²) in [6, 6.07) is 0. The van der Waals surface area contributed by atoms with Gasteiger partial charge in [0.25, 0.3) is 0 Å². The summed E-state index contributed by atoms with van der Waals surface area (Å²) in [5.74, 6) is 0. The number of hydrogen-bond acceptors (Lipinski definition) is 5. The van der Waals surface area contributed by atoms with Crippen LogP contribution in [0, 0.1) is 6.92 Å². The molecule has 0 amide bonds. The zero-order valence-electron chi connectivity index (χ0n) is 7.46. The van der Waals surface area contributed by atoms with Gasteiger partial charge in [0.15, 0.2) is 0 Å². The number of aryl methyl sites for hydroxylation is 1. The summed E-state index contributed by atoms with van der Waals surface area (Å²) in [5.41, 5.74) is -0.327. The van der Waals surface area contributed by atoms with Gasteiger partial charge in [-0.05, 0) is 20.8 Å². The van der Waals surface area contributed by atoms with E-state index in [9.17, 15) is 0 Å². The topological polar surface area (TPSA) is 58.0 Å². The molecule has 0 aliphatic rings. The second-order valence-electron chi connectivity index (χ2n) is 3.29. The quantitative estimate of drug-likeness (QED) is 0.742. The van der Waals surface area contributed by atoms with Crippen molar-refractivity contribution in [2.45, 2.75) is 26.3 Å². The zero-order chi connectivity index (χ0) is 9.19. The van der Waals surface area contributed by atoms with E-state index in [1.54, 1.807) is 0 Å². The Hall–Kier alpha value is -0.680. The second kappa shape index (κ2) is 3.37. The highest BCUT2D eigenvalue weighted by atomic mass is 32.1. The van der Waals surface area contributed by atoms with Gasteiger partial charge in [-0.1, -0.05) is 11.3 Å². The van der Waals surface area contributed by atoms with Crippen molar-refractivity contribution in [2.75, 3.05) is 11.9 Å². The largest absolute Gasteiger partial charge is 0.394 e. The molecule has 0 unspecified atom stereocenters. The van der Waals surface area contributed by atoms with E-state index in [1.165, 1.54) is 11.3 Å². The highest BCUT2D eigenvalue weighted by Crippen LogP contribution is 2.18. The zero-order valence-corrected chi connectivity index (χ0v) is 8.27. The predicted octanol–water partition coefficient (Wildman–Crippen LogP) is 1.03. The Morgan fingerprint density at radius 3 is 2.58 bits per heavy atom. The van der Waals surface area contributed by atoms with Crippen molar-refractivity contribution in [3.8, 4) is 0 Å². The molecule has 0 aliphatic heterocycles. The van der Waals surface area contributed by atoms with Crippen LogP contribution in [0.1, 0.15) is 18.9 Å². The lowest BCUT2D eigenvalue weighted by Gasteiger charge is -2.22. The second-order valence-corrected chi connectivity index (χ2v) is 4.47. The maximum absolute atomic E-state index is 8.96. The summed E-state index contributed by atoms with van der Waals surface area (Å²) in [6.07, 6.45) is 0. The van der Waals surface area contributed by atoms with E-state index in [0.29, 0.717) is 0 Å². The van der Waals surface area contributed by atoms with Gasteiger partial charge < -0.3 is 10.4 Å². The number of hydrogen-bond donors (Lipinski definition) is 2. The first-order valence-electron chi connectivity index (χ1n) is 3.73. The van der Waals surface area contributed by atoms with Gasteiger partial charge in [0, 0.05) is 0 Å². The minimum atomic E-state index is -0.327. The van der Waals surface area contributed by atoms with Gasteiger partial charge in [-0.15, -0.1) is 10.2 Å². The molecular weight excluding hydrogens is 174 g/mol. The Bertz CT molecular complexity index is 259. The van der Waals surface area contributed by atoms with Gasteiger partial charge in [0.2, 0.25) is 5.13 Å². The number of aromatic nitrogens is 2. The first kappa shape index (κ1) is 9.41. The molecule has 12 heavy (non-hydrogen) atoms. The van der Waals surface area contributed by atoms with Gasteiger partial charge in [0.05, 0.1) is 12.1 Å². The molecular formula is C7H13N3OS.